The van der Waals surface area contributed by atoms with Crippen LogP contribution >= 0.6 is 0 Å². The van der Waals surface area contributed by atoms with E-state index in [1.54, 1.807) is 40.5 Å². The fraction of sp³-hybridized carbons (Fsp3) is 0.381. The van der Waals surface area contributed by atoms with E-state index in [1.165, 1.54) is 12.1 Å². The number of benzene rings is 2. The number of methoxy groups -OCH3 is 3. The molecule has 2 rings (SSSR count). The Hall–Kier alpha value is -3.03. The SMILES string of the molecule is CN=C(NCCc1c(OC)cc(OC)cc1OC)NC(C)c1ccc(F)c(F)c1. The molecule has 29 heavy (non-hydrogen) atoms. The molecule has 0 aliphatic rings. The summed E-state index contributed by atoms with van der Waals surface area (Å²) in [5.41, 5.74) is 1.51. The smallest absolute Gasteiger partial charge is 0.191 e. The topological polar surface area (TPSA) is 64.1 Å². The van der Waals surface area contributed by atoms with E-state index in [0.717, 1.165) is 11.6 Å². The summed E-state index contributed by atoms with van der Waals surface area (Å²) in [5, 5.41) is 6.36. The normalized spacial score (nSPS) is 12.3. The molecule has 2 N–H and O–H groups in total. The monoisotopic (exact) mass is 407 g/mol. The molecular weight excluding hydrogens is 380 g/mol. The van der Waals surface area contributed by atoms with Gasteiger partial charge >= 0.3 is 0 Å². The van der Waals surface area contributed by atoms with Gasteiger partial charge in [0.25, 0.3) is 0 Å². The standard InChI is InChI=1S/C21H27F2N3O3/c1-13(14-6-7-17(22)18(23)10-14)26-21(24-2)25-9-8-16-19(28-4)11-15(27-3)12-20(16)29-5/h6-7,10-13H,8-9H2,1-5H3,(H2,24,25,26). The molecule has 6 nitrogen and oxygen atoms in total. The van der Waals surface area contributed by atoms with Crippen molar-refractivity contribution in [1.29, 1.82) is 0 Å². The zero-order chi connectivity index (χ0) is 21.4. The summed E-state index contributed by atoms with van der Waals surface area (Å²) in [7, 11) is 6.41. The highest BCUT2D eigenvalue weighted by Gasteiger charge is 2.14. The van der Waals surface area contributed by atoms with E-state index < -0.39 is 11.6 Å². The van der Waals surface area contributed by atoms with E-state index in [1.807, 2.05) is 6.92 Å². The van der Waals surface area contributed by atoms with Crippen LogP contribution in [0.3, 0.4) is 0 Å². The van der Waals surface area contributed by atoms with Gasteiger partial charge < -0.3 is 24.8 Å². The van der Waals surface area contributed by atoms with Gasteiger partial charge in [-0.25, -0.2) is 8.78 Å². The van der Waals surface area contributed by atoms with Crippen LogP contribution in [0.25, 0.3) is 0 Å². The van der Waals surface area contributed by atoms with Gasteiger partial charge in [-0.05, 0) is 31.0 Å². The predicted octanol–water partition coefficient (Wildman–Crippen LogP) is 3.46. The highest BCUT2D eigenvalue weighted by Crippen LogP contribution is 2.34. The molecule has 0 aliphatic heterocycles. The molecule has 0 aliphatic carbocycles. The van der Waals surface area contributed by atoms with E-state index in [2.05, 4.69) is 15.6 Å². The summed E-state index contributed by atoms with van der Waals surface area (Å²) >= 11 is 0. The maximum atomic E-state index is 13.5. The van der Waals surface area contributed by atoms with E-state index in [4.69, 9.17) is 14.2 Å². The fourth-order valence-corrected chi connectivity index (χ4v) is 2.89. The van der Waals surface area contributed by atoms with E-state index in [-0.39, 0.29) is 6.04 Å². The molecule has 0 radical (unpaired) electrons. The number of ether oxygens (including phenoxy) is 3. The first kappa shape index (κ1) is 22.3. The zero-order valence-corrected chi connectivity index (χ0v) is 17.3. The molecule has 0 amide bonds. The second-order valence-corrected chi connectivity index (χ2v) is 6.30. The Bertz CT molecular complexity index is 834. The van der Waals surface area contributed by atoms with E-state index in [9.17, 15) is 8.78 Å². The maximum Gasteiger partial charge on any atom is 0.191 e. The Labute approximate surface area is 169 Å². The van der Waals surface area contributed by atoms with Crippen molar-refractivity contribution < 1.29 is 23.0 Å². The second-order valence-electron chi connectivity index (χ2n) is 6.30. The lowest BCUT2D eigenvalue weighted by atomic mass is 10.1. The highest BCUT2D eigenvalue weighted by molar-refractivity contribution is 5.80. The van der Waals surface area contributed by atoms with Crippen LogP contribution in [-0.2, 0) is 6.42 Å². The van der Waals surface area contributed by atoms with Crippen LogP contribution in [0.2, 0.25) is 0 Å². The van der Waals surface area contributed by atoms with Crippen molar-refractivity contribution in [2.45, 2.75) is 19.4 Å². The summed E-state index contributed by atoms with van der Waals surface area (Å²) in [6.45, 7) is 2.39. The summed E-state index contributed by atoms with van der Waals surface area (Å²) in [6.07, 6.45) is 0.608. The number of hydrogen-bond donors (Lipinski definition) is 2. The van der Waals surface area contributed by atoms with Gasteiger partial charge in [0.05, 0.1) is 27.4 Å². The summed E-state index contributed by atoms with van der Waals surface area (Å²) in [5.74, 6) is 0.771. The molecule has 2 aromatic carbocycles. The molecular formula is C21H27F2N3O3. The lowest BCUT2D eigenvalue weighted by molar-refractivity contribution is 0.368. The summed E-state index contributed by atoms with van der Waals surface area (Å²) in [6, 6.07) is 7.17. The van der Waals surface area contributed by atoms with Crippen LogP contribution in [0, 0.1) is 11.6 Å². The van der Waals surface area contributed by atoms with Gasteiger partial charge in [0.1, 0.15) is 17.2 Å². The molecule has 0 saturated heterocycles. The third-order valence-corrected chi connectivity index (χ3v) is 4.51. The molecule has 1 atom stereocenters. The lowest BCUT2D eigenvalue weighted by Crippen LogP contribution is -2.39. The Morgan fingerprint density at radius 2 is 1.66 bits per heavy atom. The van der Waals surface area contributed by atoms with Gasteiger partial charge in [0.2, 0.25) is 0 Å². The molecule has 0 bridgehead atoms. The van der Waals surface area contributed by atoms with Crippen molar-refractivity contribution in [1.82, 2.24) is 10.6 Å². The van der Waals surface area contributed by atoms with Crippen LogP contribution < -0.4 is 24.8 Å². The first-order chi connectivity index (χ1) is 13.9. The number of halogens is 2. The molecule has 2 aromatic rings. The zero-order valence-electron chi connectivity index (χ0n) is 17.3. The number of guanidine groups is 1. The second kappa shape index (κ2) is 10.5. The molecule has 0 aromatic heterocycles. The minimum Gasteiger partial charge on any atom is -0.496 e. The average Bonchev–Trinajstić information content (AvgIpc) is 2.74. The number of hydrogen-bond acceptors (Lipinski definition) is 4. The first-order valence-corrected chi connectivity index (χ1v) is 9.14. The lowest BCUT2D eigenvalue weighted by Gasteiger charge is -2.19. The molecule has 0 fully saturated rings. The Kier molecular flexibility index (Phi) is 8.06. The maximum absolute atomic E-state index is 13.5. The highest BCUT2D eigenvalue weighted by atomic mass is 19.2. The summed E-state index contributed by atoms with van der Waals surface area (Å²) < 4.78 is 42.8. The van der Waals surface area contributed by atoms with E-state index >= 15 is 0 Å². The quantitative estimate of drug-likeness (QED) is 0.518. The third-order valence-electron chi connectivity index (χ3n) is 4.51. The van der Waals surface area contributed by atoms with Crippen LogP contribution in [0.15, 0.2) is 35.3 Å². The number of nitrogens with zero attached hydrogens (tertiary/aromatic N) is 1. The van der Waals surface area contributed by atoms with Gasteiger partial charge in [-0.15, -0.1) is 0 Å². The van der Waals surface area contributed by atoms with Crippen molar-refractivity contribution >= 4 is 5.96 Å². The molecule has 0 spiro atoms. The average molecular weight is 407 g/mol. The molecule has 1 unspecified atom stereocenters. The van der Waals surface area contributed by atoms with Crippen LogP contribution in [0.5, 0.6) is 17.2 Å². The number of nitrogens with one attached hydrogen (secondary N) is 2. The Morgan fingerprint density at radius 1 is 1.00 bits per heavy atom. The number of aliphatic imine (C=N–C) groups is 1. The van der Waals surface area contributed by atoms with Crippen molar-refractivity contribution in [3.8, 4) is 17.2 Å². The largest absolute Gasteiger partial charge is 0.496 e. The molecule has 0 saturated carbocycles. The molecule has 8 heteroatoms. The molecule has 158 valence electrons. The summed E-state index contributed by atoms with van der Waals surface area (Å²) in [4.78, 5) is 4.18. The minimum absolute atomic E-state index is 0.263. The van der Waals surface area contributed by atoms with Gasteiger partial charge in [-0.3, -0.25) is 4.99 Å². The number of rotatable bonds is 8. The van der Waals surface area contributed by atoms with Gasteiger partial charge in [0.15, 0.2) is 17.6 Å². The van der Waals surface area contributed by atoms with Crippen LogP contribution in [-0.4, -0.2) is 40.9 Å². The van der Waals surface area contributed by atoms with Crippen molar-refractivity contribution in [3.05, 3.63) is 53.1 Å². The third kappa shape index (κ3) is 5.73. The van der Waals surface area contributed by atoms with Crippen molar-refractivity contribution in [2.75, 3.05) is 34.9 Å². The Morgan fingerprint density at radius 3 is 2.17 bits per heavy atom. The van der Waals surface area contributed by atoms with Crippen molar-refractivity contribution in [2.24, 2.45) is 4.99 Å². The van der Waals surface area contributed by atoms with Gasteiger partial charge in [-0.2, -0.15) is 0 Å². The van der Waals surface area contributed by atoms with Gasteiger partial charge in [-0.1, -0.05) is 6.07 Å². The predicted molar refractivity (Wildman–Crippen MR) is 109 cm³/mol. The minimum atomic E-state index is -0.877. The van der Waals surface area contributed by atoms with Crippen LogP contribution in [0.1, 0.15) is 24.1 Å². The Balaban J connectivity index is 2.02. The van der Waals surface area contributed by atoms with Crippen LogP contribution in [0.4, 0.5) is 8.78 Å². The fourth-order valence-electron chi connectivity index (χ4n) is 2.89. The van der Waals surface area contributed by atoms with Crippen molar-refractivity contribution in [3.63, 3.8) is 0 Å². The first-order valence-electron chi connectivity index (χ1n) is 9.14. The van der Waals surface area contributed by atoms with Gasteiger partial charge in [0, 0.05) is 31.3 Å². The van der Waals surface area contributed by atoms with E-state index in [0.29, 0.717) is 41.7 Å². The molecule has 0 heterocycles.